The molecule has 0 saturated carbocycles. The van der Waals surface area contributed by atoms with Crippen molar-refractivity contribution in [2.45, 2.75) is 0 Å². The smallest absolute Gasteiger partial charge is 0.321 e. The standard InChI is InChI=1S/C6H9N2O.HI/c1-7-3-4-8(2)6(7)5-9;/h3-5H,1-2H3;1H/q+1;/p-1. The zero-order valence-corrected chi connectivity index (χ0v) is 8.07. The van der Waals surface area contributed by atoms with Gasteiger partial charge in [-0.2, -0.15) is 0 Å². The van der Waals surface area contributed by atoms with Crippen LogP contribution < -0.4 is 28.5 Å². The Hall–Kier alpha value is -0.390. The number of aldehydes is 1. The Kier molecular flexibility index (Phi) is 3.55. The normalized spacial score (nSPS) is 8.60. The van der Waals surface area contributed by atoms with Crippen molar-refractivity contribution in [1.82, 2.24) is 4.57 Å². The summed E-state index contributed by atoms with van der Waals surface area (Å²) >= 11 is 0. The van der Waals surface area contributed by atoms with Gasteiger partial charge >= 0.3 is 5.82 Å². The second-order valence-corrected chi connectivity index (χ2v) is 2.00. The van der Waals surface area contributed by atoms with Crippen LogP contribution >= 0.6 is 0 Å². The van der Waals surface area contributed by atoms with E-state index in [4.69, 9.17) is 0 Å². The first-order chi connectivity index (χ1) is 4.25. The molecule has 0 spiro atoms. The minimum atomic E-state index is 0. The predicted octanol–water partition coefficient (Wildman–Crippen LogP) is -3.33. The van der Waals surface area contributed by atoms with Gasteiger partial charge in [0.25, 0.3) is 0 Å². The Morgan fingerprint density at radius 2 is 2.30 bits per heavy atom. The molecule has 0 bridgehead atoms. The third-order valence-electron chi connectivity index (χ3n) is 1.34. The number of imidazole rings is 1. The van der Waals surface area contributed by atoms with Crippen LogP contribution in [-0.4, -0.2) is 10.9 Å². The molecule has 0 N–H and O–H groups in total. The van der Waals surface area contributed by atoms with Crippen molar-refractivity contribution < 1.29 is 33.3 Å². The first kappa shape index (κ1) is 9.61. The molecule has 0 aliphatic heterocycles. The number of carbonyl (C=O) groups excluding carboxylic acids is 1. The molecule has 0 unspecified atom stereocenters. The molecular formula is C6H9IN2O. The van der Waals surface area contributed by atoms with E-state index in [1.165, 1.54) is 0 Å². The SMILES string of the molecule is Cn1cc[n+](C)c1C=O.[I-]. The van der Waals surface area contributed by atoms with Crippen LogP contribution in [0.2, 0.25) is 0 Å². The highest BCUT2D eigenvalue weighted by atomic mass is 127. The van der Waals surface area contributed by atoms with Gasteiger partial charge in [-0.05, 0) is 0 Å². The number of aromatic nitrogens is 2. The summed E-state index contributed by atoms with van der Waals surface area (Å²) in [7, 11) is 3.67. The predicted molar refractivity (Wildman–Crippen MR) is 32.0 cm³/mol. The fourth-order valence-electron chi connectivity index (χ4n) is 0.768. The maximum atomic E-state index is 10.3. The monoisotopic (exact) mass is 252 g/mol. The van der Waals surface area contributed by atoms with Crippen LogP contribution in [0.1, 0.15) is 10.6 Å². The fraction of sp³-hybridized carbons (Fsp3) is 0.333. The molecule has 0 radical (unpaired) electrons. The molecule has 1 heterocycles. The molecule has 0 fully saturated rings. The summed E-state index contributed by atoms with van der Waals surface area (Å²) in [4.78, 5) is 10.3. The van der Waals surface area contributed by atoms with Gasteiger partial charge in [0.2, 0.25) is 6.29 Å². The average molecular weight is 252 g/mol. The molecule has 3 nitrogen and oxygen atoms in total. The first-order valence-corrected chi connectivity index (χ1v) is 2.72. The lowest BCUT2D eigenvalue weighted by molar-refractivity contribution is -0.672. The Morgan fingerprint density at radius 1 is 1.70 bits per heavy atom. The molecule has 1 aromatic heterocycles. The Bertz CT molecular complexity index is 212. The molecular weight excluding hydrogens is 243 g/mol. The Labute approximate surface area is 76.7 Å². The lowest BCUT2D eigenvalue weighted by Crippen LogP contribution is -3.00. The molecule has 10 heavy (non-hydrogen) atoms. The highest BCUT2D eigenvalue weighted by Crippen LogP contribution is 1.83. The minimum Gasteiger partial charge on any atom is -1.00 e. The number of aryl methyl sites for hydroxylation is 2. The van der Waals surface area contributed by atoms with Gasteiger partial charge in [0.1, 0.15) is 12.4 Å². The van der Waals surface area contributed by atoms with Gasteiger partial charge in [-0.25, -0.2) is 9.13 Å². The van der Waals surface area contributed by atoms with E-state index in [1.807, 2.05) is 26.5 Å². The number of hydrogen-bond acceptors (Lipinski definition) is 1. The van der Waals surface area contributed by atoms with Gasteiger partial charge in [-0.3, -0.25) is 4.79 Å². The van der Waals surface area contributed by atoms with Gasteiger partial charge in [0, 0.05) is 0 Å². The van der Waals surface area contributed by atoms with E-state index in [2.05, 4.69) is 0 Å². The molecule has 0 saturated heterocycles. The summed E-state index contributed by atoms with van der Waals surface area (Å²) in [5, 5.41) is 0. The zero-order chi connectivity index (χ0) is 6.85. The number of rotatable bonds is 1. The molecule has 0 atom stereocenters. The number of halogens is 1. The third-order valence-corrected chi connectivity index (χ3v) is 1.34. The van der Waals surface area contributed by atoms with Crippen molar-refractivity contribution in [1.29, 1.82) is 0 Å². The summed E-state index contributed by atoms with van der Waals surface area (Å²) in [6.07, 6.45) is 4.51. The second-order valence-electron chi connectivity index (χ2n) is 2.00. The lowest BCUT2D eigenvalue weighted by atomic mass is 10.6. The van der Waals surface area contributed by atoms with Crippen molar-refractivity contribution in [3.8, 4) is 0 Å². The van der Waals surface area contributed by atoms with Crippen LogP contribution in [-0.2, 0) is 14.1 Å². The van der Waals surface area contributed by atoms with Gasteiger partial charge in [0.15, 0.2) is 0 Å². The van der Waals surface area contributed by atoms with Gasteiger partial charge in [-0.1, -0.05) is 0 Å². The van der Waals surface area contributed by atoms with Gasteiger partial charge in [0.05, 0.1) is 14.1 Å². The van der Waals surface area contributed by atoms with Crippen LogP contribution in [0.5, 0.6) is 0 Å². The average Bonchev–Trinajstić information content (AvgIpc) is 2.12. The summed E-state index contributed by atoms with van der Waals surface area (Å²) in [6.45, 7) is 0. The van der Waals surface area contributed by atoms with Crippen molar-refractivity contribution in [2.75, 3.05) is 0 Å². The summed E-state index contributed by atoms with van der Waals surface area (Å²) in [5.41, 5.74) is 0. The fourth-order valence-corrected chi connectivity index (χ4v) is 0.768. The lowest BCUT2D eigenvalue weighted by Gasteiger charge is -1.83. The second kappa shape index (κ2) is 3.70. The highest BCUT2D eigenvalue weighted by molar-refractivity contribution is 5.66. The van der Waals surface area contributed by atoms with Crippen LogP contribution in [0.3, 0.4) is 0 Å². The van der Waals surface area contributed by atoms with E-state index in [0.29, 0.717) is 5.82 Å². The van der Waals surface area contributed by atoms with Crippen molar-refractivity contribution >= 4 is 6.29 Å². The molecule has 0 amide bonds. The van der Waals surface area contributed by atoms with Crippen LogP contribution in [0.25, 0.3) is 0 Å². The Morgan fingerprint density at radius 3 is 2.50 bits per heavy atom. The number of carbonyl (C=O) groups is 1. The molecule has 1 rings (SSSR count). The van der Waals surface area contributed by atoms with E-state index in [-0.39, 0.29) is 24.0 Å². The topological polar surface area (TPSA) is 25.9 Å². The van der Waals surface area contributed by atoms with Crippen molar-refractivity contribution in [2.24, 2.45) is 14.1 Å². The molecule has 56 valence electrons. The maximum Gasteiger partial charge on any atom is 0.321 e. The first-order valence-electron chi connectivity index (χ1n) is 2.72. The van der Waals surface area contributed by atoms with Crippen LogP contribution in [0.15, 0.2) is 12.4 Å². The maximum absolute atomic E-state index is 10.3. The van der Waals surface area contributed by atoms with E-state index in [0.717, 1.165) is 6.29 Å². The van der Waals surface area contributed by atoms with Gasteiger partial charge < -0.3 is 24.0 Å². The van der Waals surface area contributed by atoms with E-state index >= 15 is 0 Å². The zero-order valence-electron chi connectivity index (χ0n) is 5.91. The quantitative estimate of drug-likeness (QED) is 0.291. The summed E-state index contributed by atoms with van der Waals surface area (Å²) in [6, 6.07) is 0. The Balaban J connectivity index is 0.000000810. The molecule has 0 aliphatic rings. The van der Waals surface area contributed by atoms with E-state index in [1.54, 1.807) is 9.13 Å². The highest BCUT2D eigenvalue weighted by Gasteiger charge is 2.07. The number of hydrogen-bond donors (Lipinski definition) is 0. The third kappa shape index (κ3) is 1.56. The van der Waals surface area contributed by atoms with Gasteiger partial charge in [-0.15, -0.1) is 0 Å². The van der Waals surface area contributed by atoms with E-state index in [9.17, 15) is 4.79 Å². The molecule has 1 aromatic rings. The number of nitrogens with zero attached hydrogens (tertiary/aromatic N) is 2. The van der Waals surface area contributed by atoms with Crippen LogP contribution in [0, 0.1) is 0 Å². The summed E-state index contributed by atoms with van der Waals surface area (Å²) in [5.74, 6) is 0.676. The molecule has 0 aliphatic carbocycles. The van der Waals surface area contributed by atoms with Crippen LogP contribution in [0.4, 0.5) is 0 Å². The molecule has 0 aromatic carbocycles. The van der Waals surface area contributed by atoms with Crippen molar-refractivity contribution in [3.05, 3.63) is 18.2 Å². The summed E-state index contributed by atoms with van der Waals surface area (Å²) < 4.78 is 3.54. The molecule has 4 heteroatoms. The largest absolute Gasteiger partial charge is 1.00 e. The van der Waals surface area contributed by atoms with Crippen molar-refractivity contribution in [3.63, 3.8) is 0 Å². The van der Waals surface area contributed by atoms with E-state index < -0.39 is 0 Å². The minimum absolute atomic E-state index is 0.